The van der Waals surface area contributed by atoms with E-state index in [-0.39, 0.29) is 5.41 Å². The monoisotopic (exact) mass is 311 g/mol. The normalized spacial score (nSPS) is 12.9. The lowest BCUT2D eigenvalue weighted by Gasteiger charge is -2.24. The summed E-state index contributed by atoms with van der Waals surface area (Å²) in [5, 5.41) is 0. The van der Waals surface area contributed by atoms with Crippen LogP contribution in [0.3, 0.4) is 0 Å². The molecule has 21 heavy (non-hydrogen) atoms. The van der Waals surface area contributed by atoms with Gasteiger partial charge in [-0.3, -0.25) is 0 Å². The average molecular weight is 311 g/mol. The summed E-state index contributed by atoms with van der Waals surface area (Å²) in [4.78, 5) is 0.386. The van der Waals surface area contributed by atoms with Crippen LogP contribution in [0.15, 0.2) is 29.2 Å². The van der Waals surface area contributed by atoms with Gasteiger partial charge in [0, 0.05) is 13.6 Å². The Labute approximate surface area is 130 Å². The lowest BCUT2D eigenvalue weighted by atomic mass is 9.82. The highest BCUT2D eigenvalue weighted by molar-refractivity contribution is 7.89. The summed E-state index contributed by atoms with van der Waals surface area (Å²) in [6.07, 6.45) is 4.08. The smallest absolute Gasteiger partial charge is 0.207 e. The second-order valence-electron chi connectivity index (χ2n) is 6.30. The minimum atomic E-state index is -3.36. The zero-order valence-electron chi connectivity index (χ0n) is 14.0. The molecule has 3 nitrogen and oxygen atoms in total. The lowest BCUT2D eigenvalue weighted by molar-refractivity contribution is 0.454. The van der Waals surface area contributed by atoms with Crippen LogP contribution in [0.2, 0.25) is 0 Å². The molecule has 4 heteroatoms. The average Bonchev–Trinajstić information content (AvgIpc) is 2.47. The fourth-order valence-corrected chi connectivity index (χ4v) is 3.38. The van der Waals surface area contributed by atoms with Gasteiger partial charge in [-0.2, -0.15) is 0 Å². The highest BCUT2D eigenvalue weighted by atomic mass is 32.2. The maximum absolute atomic E-state index is 12.5. The summed E-state index contributed by atoms with van der Waals surface area (Å²) in [5.74, 6) is 0. The van der Waals surface area contributed by atoms with E-state index in [9.17, 15) is 8.42 Å². The van der Waals surface area contributed by atoms with E-state index in [4.69, 9.17) is 0 Å². The van der Waals surface area contributed by atoms with Crippen LogP contribution in [-0.2, 0) is 15.4 Å². The number of hydrogen-bond donors (Lipinski definition) is 0. The summed E-state index contributed by atoms with van der Waals surface area (Å²) in [6, 6.07) is 7.35. The van der Waals surface area contributed by atoms with E-state index in [0.29, 0.717) is 11.4 Å². The molecule has 0 N–H and O–H groups in total. The predicted octanol–water partition coefficient (Wildman–Crippen LogP) is 4.18. The molecule has 0 spiro atoms. The lowest BCUT2D eigenvalue weighted by Crippen LogP contribution is -2.28. The third kappa shape index (κ3) is 4.55. The predicted molar refractivity (Wildman–Crippen MR) is 89.1 cm³/mol. The highest BCUT2D eigenvalue weighted by Gasteiger charge is 2.22. The van der Waals surface area contributed by atoms with Crippen molar-refractivity contribution in [3.8, 4) is 0 Å². The number of benzene rings is 1. The summed E-state index contributed by atoms with van der Waals surface area (Å²) in [6.45, 7) is 9.19. The summed E-state index contributed by atoms with van der Waals surface area (Å²) < 4.78 is 26.4. The molecule has 0 aromatic heterocycles. The molecule has 0 fully saturated rings. The summed E-state index contributed by atoms with van der Waals surface area (Å²) in [7, 11) is -1.69. The van der Waals surface area contributed by atoms with Gasteiger partial charge in [0.15, 0.2) is 0 Å². The van der Waals surface area contributed by atoms with E-state index in [1.807, 2.05) is 12.1 Å². The van der Waals surface area contributed by atoms with Crippen LogP contribution in [0, 0.1) is 0 Å². The number of unbranched alkanes of at least 4 members (excludes halogenated alkanes) is 2. The quantitative estimate of drug-likeness (QED) is 0.675. The Morgan fingerprint density at radius 2 is 1.62 bits per heavy atom. The van der Waals surface area contributed by atoms with E-state index < -0.39 is 10.0 Å². The van der Waals surface area contributed by atoms with Crippen LogP contribution < -0.4 is 0 Å². The van der Waals surface area contributed by atoms with Gasteiger partial charge in [0.1, 0.15) is 0 Å². The van der Waals surface area contributed by atoms with Gasteiger partial charge in [0.05, 0.1) is 4.90 Å². The van der Waals surface area contributed by atoms with Gasteiger partial charge in [0.2, 0.25) is 10.0 Å². The Balaban J connectivity index is 2.90. The summed E-state index contributed by atoms with van der Waals surface area (Å²) >= 11 is 0. The zero-order valence-corrected chi connectivity index (χ0v) is 14.8. The van der Waals surface area contributed by atoms with E-state index in [1.165, 1.54) is 9.87 Å². The van der Waals surface area contributed by atoms with E-state index >= 15 is 0 Å². The second-order valence-corrected chi connectivity index (χ2v) is 8.34. The first-order valence-electron chi connectivity index (χ1n) is 7.82. The van der Waals surface area contributed by atoms with Crippen LogP contribution in [0.1, 0.15) is 58.9 Å². The Bertz CT molecular complexity index is 532. The number of nitrogens with zero attached hydrogens (tertiary/aromatic N) is 1. The van der Waals surface area contributed by atoms with Crippen LogP contribution in [-0.4, -0.2) is 26.3 Å². The van der Waals surface area contributed by atoms with Crippen molar-refractivity contribution in [1.29, 1.82) is 0 Å². The first-order valence-corrected chi connectivity index (χ1v) is 9.26. The second kappa shape index (κ2) is 7.41. The van der Waals surface area contributed by atoms with Crippen molar-refractivity contribution in [2.24, 2.45) is 0 Å². The Kier molecular flexibility index (Phi) is 6.41. The fourth-order valence-electron chi connectivity index (χ4n) is 2.17. The van der Waals surface area contributed by atoms with E-state index in [2.05, 4.69) is 27.7 Å². The van der Waals surface area contributed by atoms with E-state index in [0.717, 1.165) is 25.7 Å². The molecular weight excluding hydrogens is 282 g/mol. The Hall–Kier alpha value is -0.870. The molecule has 0 heterocycles. The van der Waals surface area contributed by atoms with Gasteiger partial charge >= 0.3 is 0 Å². The number of sulfonamides is 1. The standard InChI is InChI=1S/C17H29NO2S/c1-6-8-9-14-18(5)21(19,20)16-12-10-15(11-13-16)17(3,4)7-2/h10-13H,6-9,14H2,1-5H3. The van der Waals surface area contributed by atoms with Crippen molar-refractivity contribution in [3.63, 3.8) is 0 Å². The van der Waals surface area contributed by atoms with Crippen molar-refractivity contribution < 1.29 is 8.42 Å². The molecule has 1 aromatic carbocycles. The molecule has 1 aromatic rings. The molecule has 0 saturated heterocycles. The maximum atomic E-state index is 12.5. The highest BCUT2D eigenvalue weighted by Crippen LogP contribution is 2.27. The molecule has 0 amide bonds. The van der Waals surface area contributed by atoms with Crippen LogP contribution in [0.4, 0.5) is 0 Å². The van der Waals surface area contributed by atoms with Crippen molar-refractivity contribution in [2.45, 2.75) is 63.7 Å². The molecule has 0 bridgehead atoms. The van der Waals surface area contributed by atoms with Crippen molar-refractivity contribution in [2.75, 3.05) is 13.6 Å². The molecule has 0 aliphatic carbocycles. The number of hydrogen-bond acceptors (Lipinski definition) is 2. The molecule has 0 atom stereocenters. The van der Waals surface area contributed by atoms with Gasteiger partial charge < -0.3 is 0 Å². The molecule has 120 valence electrons. The van der Waals surface area contributed by atoms with Gasteiger partial charge in [-0.1, -0.05) is 52.7 Å². The number of rotatable bonds is 8. The molecule has 1 rings (SSSR count). The minimum Gasteiger partial charge on any atom is -0.207 e. The molecular formula is C17H29NO2S. The molecule has 0 aliphatic rings. The third-order valence-electron chi connectivity index (χ3n) is 4.30. The van der Waals surface area contributed by atoms with Gasteiger partial charge in [-0.05, 0) is 36.0 Å². The molecule has 0 unspecified atom stereocenters. The molecule has 0 saturated carbocycles. The van der Waals surface area contributed by atoms with E-state index in [1.54, 1.807) is 19.2 Å². The van der Waals surface area contributed by atoms with Crippen LogP contribution in [0.5, 0.6) is 0 Å². The maximum Gasteiger partial charge on any atom is 0.242 e. The SMILES string of the molecule is CCCCCN(C)S(=O)(=O)c1ccc(C(C)(C)CC)cc1. The Morgan fingerprint density at radius 3 is 2.10 bits per heavy atom. The Morgan fingerprint density at radius 1 is 1.05 bits per heavy atom. The van der Waals surface area contributed by atoms with Crippen molar-refractivity contribution in [3.05, 3.63) is 29.8 Å². The zero-order chi connectivity index (χ0) is 16.1. The third-order valence-corrected chi connectivity index (χ3v) is 6.18. The van der Waals surface area contributed by atoms with Crippen molar-refractivity contribution >= 4 is 10.0 Å². The first-order chi connectivity index (χ1) is 9.75. The van der Waals surface area contributed by atoms with Gasteiger partial charge in [0.25, 0.3) is 0 Å². The van der Waals surface area contributed by atoms with Crippen molar-refractivity contribution in [1.82, 2.24) is 4.31 Å². The molecule has 0 aliphatic heterocycles. The topological polar surface area (TPSA) is 37.4 Å². The largest absolute Gasteiger partial charge is 0.242 e. The first kappa shape index (κ1) is 18.2. The van der Waals surface area contributed by atoms with Crippen LogP contribution in [0.25, 0.3) is 0 Å². The fraction of sp³-hybridized carbons (Fsp3) is 0.647. The van der Waals surface area contributed by atoms with Crippen LogP contribution >= 0.6 is 0 Å². The molecule has 0 radical (unpaired) electrons. The summed E-state index contributed by atoms with van der Waals surface area (Å²) in [5.41, 5.74) is 1.26. The van der Waals surface area contributed by atoms with Gasteiger partial charge in [-0.15, -0.1) is 0 Å². The van der Waals surface area contributed by atoms with Gasteiger partial charge in [-0.25, -0.2) is 12.7 Å². The minimum absolute atomic E-state index is 0.0787.